The fraction of sp³-hybridized carbons (Fsp3) is 0.526. The van der Waals surface area contributed by atoms with Crippen molar-refractivity contribution in [1.82, 2.24) is 15.2 Å². The number of nitrogens with one attached hydrogen (secondary N) is 1. The highest BCUT2D eigenvalue weighted by molar-refractivity contribution is 7.22. The van der Waals surface area contributed by atoms with Crippen molar-refractivity contribution in [2.24, 2.45) is 5.92 Å². The van der Waals surface area contributed by atoms with Gasteiger partial charge in [0.15, 0.2) is 5.13 Å². The number of hydrogen-bond acceptors (Lipinski definition) is 6. The Morgan fingerprint density at radius 2 is 2.26 bits per heavy atom. The molecule has 4 rings (SSSR count). The molecule has 2 fully saturated rings. The molecule has 3 heterocycles. The highest BCUT2D eigenvalue weighted by Gasteiger charge is 2.34. The number of aromatic nitrogens is 1. The van der Waals surface area contributed by atoms with Gasteiger partial charge in [-0.3, -0.25) is 9.59 Å². The van der Waals surface area contributed by atoms with Crippen LogP contribution in [0.25, 0.3) is 10.2 Å². The normalized spacial score (nSPS) is 17.4. The predicted molar refractivity (Wildman–Crippen MR) is 105 cm³/mol. The number of nitrogens with zero attached hydrogens (tertiary/aromatic N) is 3. The second-order valence-electron chi connectivity index (χ2n) is 7.06. The summed E-state index contributed by atoms with van der Waals surface area (Å²) in [7, 11) is 1.65. The minimum atomic E-state index is 0.0139. The number of ether oxygens (including phenoxy) is 1. The number of carbonyl (C=O) groups is 2. The van der Waals surface area contributed by atoms with Crippen LogP contribution in [0.4, 0.5) is 5.13 Å². The lowest BCUT2D eigenvalue weighted by atomic mass is 10.00. The summed E-state index contributed by atoms with van der Waals surface area (Å²) >= 11 is 1.64. The third kappa shape index (κ3) is 3.85. The molecule has 8 heteroatoms. The molecule has 2 saturated heterocycles. The number of carbonyl (C=O) groups excluding carboxylic acids is 2. The maximum Gasteiger partial charge on any atom is 0.226 e. The summed E-state index contributed by atoms with van der Waals surface area (Å²) in [6.07, 6.45) is 2.44. The van der Waals surface area contributed by atoms with Gasteiger partial charge in [-0.25, -0.2) is 4.98 Å². The Kier molecular flexibility index (Phi) is 5.15. The van der Waals surface area contributed by atoms with Crippen molar-refractivity contribution in [3.63, 3.8) is 0 Å². The molecule has 0 atom stereocenters. The first-order chi connectivity index (χ1) is 13.1. The van der Waals surface area contributed by atoms with Crippen LogP contribution in [-0.2, 0) is 9.59 Å². The Bertz CT molecular complexity index is 847. The van der Waals surface area contributed by atoms with Crippen molar-refractivity contribution in [3.8, 4) is 5.75 Å². The zero-order valence-electron chi connectivity index (χ0n) is 15.4. The van der Waals surface area contributed by atoms with E-state index in [0.29, 0.717) is 26.1 Å². The monoisotopic (exact) mass is 388 g/mol. The molecule has 2 aliphatic heterocycles. The molecular formula is C19H24N4O3S. The quantitative estimate of drug-likeness (QED) is 0.733. The van der Waals surface area contributed by atoms with Crippen LogP contribution in [0, 0.1) is 5.92 Å². The molecule has 0 aliphatic carbocycles. The molecule has 1 aromatic heterocycles. The predicted octanol–water partition coefficient (Wildman–Crippen LogP) is 1.87. The second kappa shape index (κ2) is 7.72. The van der Waals surface area contributed by atoms with E-state index in [0.717, 1.165) is 47.0 Å². The van der Waals surface area contributed by atoms with Gasteiger partial charge in [0.25, 0.3) is 0 Å². The SMILES string of the molecule is COc1ccc2sc(N3CC(C(=O)NCCCN4CCCC4=O)C3)nc2c1. The lowest BCUT2D eigenvalue weighted by Crippen LogP contribution is -2.54. The van der Waals surface area contributed by atoms with Crippen molar-refractivity contribution < 1.29 is 14.3 Å². The summed E-state index contributed by atoms with van der Waals surface area (Å²) in [6, 6.07) is 5.89. The van der Waals surface area contributed by atoms with E-state index in [1.807, 2.05) is 23.1 Å². The molecule has 1 aromatic carbocycles. The smallest absolute Gasteiger partial charge is 0.226 e. The number of thiazole rings is 1. The molecule has 2 amide bonds. The molecule has 0 saturated carbocycles. The van der Waals surface area contributed by atoms with Crippen LogP contribution >= 0.6 is 11.3 Å². The molecule has 2 aliphatic rings. The van der Waals surface area contributed by atoms with Crippen molar-refractivity contribution in [2.45, 2.75) is 19.3 Å². The molecule has 0 radical (unpaired) electrons. The van der Waals surface area contributed by atoms with Gasteiger partial charge in [0, 0.05) is 45.2 Å². The van der Waals surface area contributed by atoms with Gasteiger partial charge in [0.1, 0.15) is 5.75 Å². The van der Waals surface area contributed by atoms with Crippen LogP contribution in [0.1, 0.15) is 19.3 Å². The van der Waals surface area contributed by atoms with Crippen molar-refractivity contribution in [3.05, 3.63) is 18.2 Å². The molecule has 0 unspecified atom stereocenters. The average molecular weight is 388 g/mol. The fourth-order valence-electron chi connectivity index (χ4n) is 3.52. The van der Waals surface area contributed by atoms with Crippen LogP contribution in [0.15, 0.2) is 18.2 Å². The van der Waals surface area contributed by atoms with E-state index in [-0.39, 0.29) is 17.7 Å². The van der Waals surface area contributed by atoms with E-state index < -0.39 is 0 Å². The van der Waals surface area contributed by atoms with Crippen LogP contribution in [0.5, 0.6) is 5.75 Å². The molecule has 1 N–H and O–H groups in total. The van der Waals surface area contributed by atoms with Gasteiger partial charge in [0.05, 0.1) is 23.2 Å². The van der Waals surface area contributed by atoms with E-state index in [4.69, 9.17) is 4.74 Å². The topological polar surface area (TPSA) is 74.8 Å². The van der Waals surface area contributed by atoms with E-state index in [1.54, 1.807) is 18.4 Å². The Balaban J connectivity index is 1.22. The first kappa shape index (κ1) is 18.0. The Morgan fingerprint density at radius 1 is 1.41 bits per heavy atom. The first-order valence-electron chi connectivity index (χ1n) is 9.39. The summed E-state index contributed by atoms with van der Waals surface area (Å²) in [5.74, 6) is 1.15. The first-order valence-corrected chi connectivity index (χ1v) is 10.2. The number of anilines is 1. The lowest BCUT2D eigenvalue weighted by molar-refractivity contribution is -0.127. The van der Waals surface area contributed by atoms with Gasteiger partial charge in [-0.15, -0.1) is 0 Å². The fourth-order valence-corrected chi connectivity index (χ4v) is 4.49. The van der Waals surface area contributed by atoms with E-state index in [2.05, 4.69) is 15.2 Å². The number of fused-ring (bicyclic) bond motifs is 1. The molecule has 7 nitrogen and oxygen atoms in total. The zero-order chi connectivity index (χ0) is 18.8. The van der Waals surface area contributed by atoms with Crippen molar-refractivity contribution in [2.75, 3.05) is 44.7 Å². The highest BCUT2D eigenvalue weighted by atomic mass is 32.1. The van der Waals surface area contributed by atoms with Crippen molar-refractivity contribution >= 4 is 38.5 Å². The molecular weight excluding hydrogens is 364 g/mol. The summed E-state index contributed by atoms with van der Waals surface area (Å²) in [6.45, 7) is 3.63. The van der Waals surface area contributed by atoms with E-state index in [1.165, 1.54) is 0 Å². The Morgan fingerprint density at radius 3 is 3.00 bits per heavy atom. The number of likely N-dealkylation sites (tertiary alicyclic amines) is 1. The van der Waals surface area contributed by atoms with Gasteiger partial charge in [-0.2, -0.15) is 0 Å². The van der Waals surface area contributed by atoms with Gasteiger partial charge in [0.2, 0.25) is 11.8 Å². The minimum Gasteiger partial charge on any atom is -0.497 e. The van der Waals surface area contributed by atoms with E-state index in [9.17, 15) is 9.59 Å². The largest absolute Gasteiger partial charge is 0.497 e. The van der Waals surface area contributed by atoms with Crippen LogP contribution in [0.2, 0.25) is 0 Å². The maximum atomic E-state index is 12.3. The standard InChI is InChI=1S/C19H24N4O3S/c1-26-14-5-6-16-15(10-14)21-19(27-16)23-11-13(12-23)18(25)20-7-3-9-22-8-2-4-17(22)24/h5-6,10,13H,2-4,7-9,11-12H2,1H3,(H,20,25). The van der Waals surface area contributed by atoms with Crippen LogP contribution < -0.4 is 15.0 Å². The number of benzene rings is 1. The van der Waals surface area contributed by atoms with Crippen molar-refractivity contribution in [1.29, 1.82) is 0 Å². The van der Waals surface area contributed by atoms with Crippen LogP contribution in [-0.4, -0.2) is 61.5 Å². The Labute approximate surface area is 162 Å². The second-order valence-corrected chi connectivity index (χ2v) is 8.07. The average Bonchev–Trinajstić information content (AvgIpc) is 3.22. The molecule has 0 bridgehead atoms. The summed E-state index contributed by atoms with van der Waals surface area (Å²) in [5, 5.41) is 3.95. The Hall–Kier alpha value is -2.35. The summed E-state index contributed by atoms with van der Waals surface area (Å²) in [5.41, 5.74) is 0.929. The summed E-state index contributed by atoms with van der Waals surface area (Å²) in [4.78, 5) is 32.5. The van der Waals surface area contributed by atoms with Gasteiger partial charge >= 0.3 is 0 Å². The van der Waals surface area contributed by atoms with Gasteiger partial charge in [-0.1, -0.05) is 11.3 Å². The van der Waals surface area contributed by atoms with Gasteiger partial charge in [-0.05, 0) is 25.0 Å². The number of amides is 2. The number of hydrogen-bond donors (Lipinski definition) is 1. The lowest BCUT2D eigenvalue weighted by Gasteiger charge is -2.38. The summed E-state index contributed by atoms with van der Waals surface area (Å²) < 4.78 is 6.36. The molecule has 144 valence electrons. The minimum absolute atomic E-state index is 0.0139. The molecule has 0 spiro atoms. The number of rotatable bonds is 7. The number of methoxy groups -OCH3 is 1. The third-order valence-corrected chi connectivity index (χ3v) is 6.28. The highest BCUT2D eigenvalue weighted by Crippen LogP contribution is 2.34. The van der Waals surface area contributed by atoms with E-state index >= 15 is 0 Å². The third-order valence-electron chi connectivity index (χ3n) is 5.18. The maximum absolute atomic E-state index is 12.3. The van der Waals surface area contributed by atoms with Crippen LogP contribution in [0.3, 0.4) is 0 Å². The zero-order valence-corrected chi connectivity index (χ0v) is 16.3. The molecule has 27 heavy (non-hydrogen) atoms. The van der Waals surface area contributed by atoms with Gasteiger partial charge < -0.3 is 19.9 Å². The molecule has 2 aromatic rings.